The SMILES string of the molecule is O=C(Nc1ccncc1)c1cccc(-c2cccc3c(C(=O)N4CCCCC4)cnn23)c1. The van der Waals surface area contributed by atoms with Gasteiger partial charge in [0.2, 0.25) is 0 Å². The van der Waals surface area contributed by atoms with Crippen LogP contribution >= 0.6 is 0 Å². The maximum Gasteiger partial charge on any atom is 0.257 e. The maximum atomic E-state index is 13.1. The van der Waals surface area contributed by atoms with Gasteiger partial charge in [-0.2, -0.15) is 5.10 Å². The topological polar surface area (TPSA) is 79.6 Å². The summed E-state index contributed by atoms with van der Waals surface area (Å²) in [7, 11) is 0. The molecule has 1 aromatic carbocycles. The molecule has 32 heavy (non-hydrogen) atoms. The van der Waals surface area contributed by atoms with E-state index in [1.165, 1.54) is 6.42 Å². The highest BCUT2D eigenvalue weighted by Crippen LogP contribution is 2.25. The van der Waals surface area contributed by atoms with Crippen molar-refractivity contribution in [2.75, 3.05) is 18.4 Å². The van der Waals surface area contributed by atoms with Crippen molar-refractivity contribution in [3.05, 3.63) is 84.3 Å². The van der Waals surface area contributed by atoms with E-state index in [1.807, 2.05) is 41.3 Å². The summed E-state index contributed by atoms with van der Waals surface area (Å²) in [6, 6.07) is 16.6. The summed E-state index contributed by atoms with van der Waals surface area (Å²) in [5.41, 5.74) is 4.26. The molecule has 2 amide bonds. The van der Waals surface area contributed by atoms with E-state index in [4.69, 9.17) is 0 Å². The van der Waals surface area contributed by atoms with Crippen LogP contribution in [-0.2, 0) is 0 Å². The number of benzene rings is 1. The standard InChI is InChI=1S/C25H23N5O2/c31-24(28-20-10-12-26-13-11-20)19-7-4-6-18(16-19)22-8-5-9-23-21(17-27-30(22)23)25(32)29-14-2-1-3-15-29/h4-13,16-17H,1-3,14-15H2,(H,26,28,31). The number of carbonyl (C=O) groups is 2. The van der Waals surface area contributed by atoms with E-state index in [2.05, 4.69) is 15.4 Å². The summed E-state index contributed by atoms with van der Waals surface area (Å²) in [6.45, 7) is 1.59. The first kappa shape index (κ1) is 19.9. The van der Waals surface area contributed by atoms with Crippen LogP contribution < -0.4 is 5.32 Å². The number of fused-ring (bicyclic) bond motifs is 1. The molecule has 4 heterocycles. The smallest absolute Gasteiger partial charge is 0.257 e. The van der Waals surface area contributed by atoms with Gasteiger partial charge < -0.3 is 10.2 Å². The van der Waals surface area contributed by atoms with E-state index < -0.39 is 0 Å². The summed E-state index contributed by atoms with van der Waals surface area (Å²) in [5.74, 6) is -0.172. The summed E-state index contributed by atoms with van der Waals surface area (Å²) < 4.78 is 1.77. The second-order valence-electron chi connectivity index (χ2n) is 7.89. The highest BCUT2D eigenvalue weighted by Gasteiger charge is 2.22. The van der Waals surface area contributed by atoms with Gasteiger partial charge in [-0.3, -0.25) is 14.6 Å². The molecule has 0 bridgehead atoms. The second kappa shape index (κ2) is 8.63. The number of aromatic nitrogens is 3. The number of amides is 2. The number of hydrogen-bond donors (Lipinski definition) is 1. The summed E-state index contributed by atoms with van der Waals surface area (Å²) in [6.07, 6.45) is 8.18. The first-order valence-electron chi connectivity index (χ1n) is 10.8. The Morgan fingerprint density at radius 3 is 2.50 bits per heavy atom. The molecule has 7 nitrogen and oxygen atoms in total. The Bertz CT molecular complexity index is 1280. The van der Waals surface area contributed by atoms with Gasteiger partial charge in [0, 0.05) is 42.3 Å². The van der Waals surface area contributed by atoms with Gasteiger partial charge in [-0.1, -0.05) is 18.2 Å². The van der Waals surface area contributed by atoms with Crippen LogP contribution in [0.3, 0.4) is 0 Å². The van der Waals surface area contributed by atoms with E-state index in [0.29, 0.717) is 16.8 Å². The minimum Gasteiger partial charge on any atom is -0.339 e. The van der Waals surface area contributed by atoms with Crippen LogP contribution in [0.25, 0.3) is 16.8 Å². The van der Waals surface area contributed by atoms with Crippen molar-refractivity contribution < 1.29 is 9.59 Å². The molecule has 1 fully saturated rings. The molecule has 0 aliphatic carbocycles. The monoisotopic (exact) mass is 425 g/mol. The van der Waals surface area contributed by atoms with Crippen molar-refractivity contribution in [3.8, 4) is 11.3 Å². The van der Waals surface area contributed by atoms with Crippen molar-refractivity contribution >= 4 is 23.0 Å². The molecule has 4 aromatic rings. The zero-order valence-corrected chi connectivity index (χ0v) is 17.6. The third kappa shape index (κ3) is 3.85. The molecule has 0 atom stereocenters. The Hall–Kier alpha value is -4.00. The lowest BCUT2D eigenvalue weighted by molar-refractivity contribution is 0.0726. The molecular weight excluding hydrogens is 402 g/mol. The molecule has 160 valence electrons. The molecule has 0 saturated carbocycles. The maximum absolute atomic E-state index is 13.1. The number of hydrogen-bond acceptors (Lipinski definition) is 4. The molecule has 5 rings (SSSR count). The molecule has 1 aliphatic heterocycles. The predicted octanol–water partition coefficient (Wildman–Crippen LogP) is 4.27. The molecule has 3 aromatic heterocycles. The van der Waals surface area contributed by atoms with Crippen LogP contribution in [0.15, 0.2) is 73.2 Å². The lowest BCUT2D eigenvalue weighted by Gasteiger charge is -2.26. The van der Waals surface area contributed by atoms with Crippen LogP contribution in [0.2, 0.25) is 0 Å². The van der Waals surface area contributed by atoms with Crippen molar-refractivity contribution in [2.45, 2.75) is 19.3 Å². The molecule has 1 aliphatic rings. The fourth-order valence-electron chi connectivity index (χ4n) is 4.12. The average Bonchev–Trinajstić information content (AvgIpc) is 3.29. The van der Waals surface area contributed by atoms with Crippen molar-refractivity contribution in [1.29, 1.82) is 0 Å². The minimum absolute atomic E-state index is 0.0299. The molecule has 0 spiro atoms. The molecule has 1 N–H and O–H groups in total. The lowest BCUT2D eigenvalue weighted by Crippen LogP contribution is -2.35. The molecular formula is C25H23N5O2. The number of rotatable bonds is 4. The Labute approximate surface area is 185 Å². The van der Waals surface area contributed by atoms with E-state index in [1.54, 1.807) is 41.3 Å². The number of pyridine rings is 2. The van der Waals surface area contributed by atoms with E-state index in [9.17, 15) is 9.59 Å². The number of nitrogens with one attached hydrogen (secondary N) is 1. The van der Waals surface area contributed by atoms with Crippen LogP contribution in [0.1, 0.15) is 40.0 Å². The Morgan fingerprint density at radius 2 is 1.69 bits per heavy atom. The second-order valence-corrected chi connectivity index (χ2v) is 7.89. The van der Waals surface area contributed by atoms with Gasteiger partial charge >= 0.3 is 0 Å². The van der Waals surface area contributed by atoms with Gasteiger partial charge in [0.05, 0.1) is 23.0 Å². The zero-order chi connectivity index (χ0) is 21.9. The van der Waals surface area contributed by atoms with E-state index in [0.717, 1.165) is 42.7 Å². The van der Waals surface area contributed by atoms with Crippen LogP contribution in [0, 0.1) is 0 Å². The quantitative estimate of drug-likeness (QED) is 0.529. The molecule has 7 heteroatoms. The summed E-state index contributed by atoms with van der Waals surface area (Å²) in [4.78, 5) is 31.7. The zero-order valence-electron chi connectivity index (χ0n) is 17.6. The average molecular weight is 425 g/mol. The number of likely N-dealkylation sites (tertiary alicyclic amines) is 1. The van der Waals surface area contributed by atoms with Gasteiger partial charge in [0.25, 0.3) is 11.8 Å². The third-order valence-corrected chi connectivity index (χ3v) is 5.78. The van der Waals surface area contributed by atoms with E-state index in [-0.39, 0.29) is 11.8 Å². The normalized spacial score (nSPS) is 13.8. The van der Waals surface area contributed by atoms with Crippen LogP contribution in [0.4, 0.5) is 5.69 Å². The fourth-order valence-corrected chi connectivity index (χ4v) is 4.12. The Balaban J connectivity index is 1.46. The van der Waals surface area contributed by atoms with Crippen LogP contribution in [-0.4, -0.2) is 44.4 Å². The van der Waals surface area contributed by atoms with Crippen molar-refractivity contribution in [2.24, 2.45) is 0 Å². The van der Waals surface area contributed by atoms with Gasteiger partial charge in [0.15, 0.2) is 0 Å². The molecule has 0 radical (unpaired) electrons. The predicted molar refractivity (Wildman–Crippen MR) is 123 cm³/mol. The highest BCUT2D eigenvalue weighted by molar-refractivity contribution is 6.05. The largest absolute Gasteiger partial charge is 0.339 e. The number of nitrogens with zero attached hydrogens (tertiary/aromatic N) is 4. The summed E-state index contributed by atoms with van der Waals surface area (Å²) >= 11 is 0. The number of piperidine rings is 1. The van der Waals surface area contributed by atoms with Crippen LogP contribution in [0.5, 0.6) is 0 Å². The first-order chi connectivity index (χ1) is 15.7. The van der Waals surface area contributed by atoms with Gasteiger partial charge in [-0.15, -0.1) is 0 Å². The summed E-state index contributed by atoms with van der Waals surface area (Å²) in [5, 5.41) is 7.39. The molecule has 0 unspecified atom stereocenters. The van der Waals surface area contributed by atoms with Gasteiger partial charge in [0.1, 0.15) is 0 Å². The molecule has 1 saturated heterocycles. The highest BCUT2D eigenvalue weighted by atomic mass is 16.2. The Morgan fingerprint density at radius 1 is 0.906 bits per heavy atom. The first-order valence-corrected chi connectivity index (χ1v) is 10.8. The van der Waals surface area contributed by atoms with Crippen molar-refractivity contribution in [3.63, 3.8) is 0 Å². The van der Waals surface area contributed by atoms with Gasteiger partial charge in [-0.25, -0.2) is 4.52 Å². The van der Waals surface area contributed by atoms with E-state index >= 15 is 0 Å². The Kier molecular flexibility index (Phi) is 5.37. The lowest BCUT2D eigenvalue weighted by atomic mass is 10.1. The number of anilines is 1. The minimum atomic E-state index is -0.202. The van der Waals surface area contributed by atoms with Gasteiger partial charge in [-0.05, 0) is 55.7 Å². The third-order valence-electron chi connectivity index (χ3n) is 5.78. The van der Waals surface area contributed by atoms with Crippen molar-refractivity contribution in [1.82, 2.24) is 19.5 Å². The fraction of sp³-hybridized carbons (Fsp3) is 0.200. The number of carbonyl (C=O) groups excluding carboxylic acids is 2.